The Bertz CT molecular complexity index is 549. The fourth-order valence-electron chi connectivity index (χ4n) is 1.39. The molecule has 19 heavy (non-hydrogen) atoms. The number of hydrogen-bond donors (Lipinski definition) is 2. The van der Waals surface area contributed by atoms with Crippen LogP contribution in [0.25, 0.3) is 0 Å². The third kappa shape index (κ3) is 3.93. The molecule has 8 heteroatoms. The van der Waals surface area contributed by atoms with Gasteiger partial charge in [-0.3, -0.25) is 0 Å². The SMILES string of the molecule is C[C@@H](NS(=O)(=O)N(C)C)[C@@H](O)c1ccc(F)c(F)c1. The maximum Gasteiger partial charge on any atom is 0.279 e. The van der Waals surface area contributed by atoms with Crippen LogP contribution in [0.15, 0.2) is 18.2 Å². The Morgan fingerprint density at radius 2 is 1.84 bits per heavy atom. The van der Waals surface area contributed by atoms with Gasteiger partial charge in [-0.05, 0) is 24.6 Å². The van der Waals surface area contributed by atoms with Crippen molar-refractivity contribution in [3.05, 3.63) is 35.4 Å². The Balaban J connectivity index is 2.88. The van der Waals surface area contributed by atoms with Crippen LogP contribution in [-0.2, 0) is 10.2 Å². The molecule has 2 N–H and O–H groups in total. The predicted molar refractivity (Wildman–Crippen MR) is 66.5 cm³/mol. The molecule has 0 aliphatic carbocycles. The minimum atomic E-state index is -3.71. The molecule has 0 heterocycles. The largest absolute Gasteiger partial charge is 0.387 e. The first kappa shape index (κ1) is 16.0. The average Bonchev–Trinajstić information content (AvgIpc) is 2.31. The highest BCUT2D eigenvalue weighted by atomic mass is 32.2. The van der Waals surface area contributed by atoms with Crippen LogP contribution in [0.1, 0.15) is 18.6 Å². The molecule has 0 radical (unpaired) electrons. The zero-order valence-corrected chi connectivity index (χ0v) is 11.6. The molecular formula is C11H16F2N2O3S. The van der Waals surface area contributed by atoms with Crippen molar-refractivity contribution in [2.24, 2.45) is 0 Å². The van der Waals surface area contributed by atoms with E-state index in [2.05, 4.69) is 4.72 Å². The van der Waals surface area contributed by atoms with E-state index < -0.39 is 34.0 Å². The molecule has 2 atom stereocenters. The third-order valence-corrected chi connectivity index (χ3v) is 4.21. The fraction of sp³-hybridized carbons (Fsp3) is 0.455. The summed E-state index contributed by atoms with van der Waals surface area (Å²) in [5.74, 6) is -2.13. The average molecular weight is 294 g/mol. The lowest BCUT2D eigenvalue weighted by Gasteiger charge is -2.22. The molecule has 0 bridgehead atoms. The van der Waals surface area contributed by atoms with Gasteiger partial charge in [0.25, 0.3) is 10.2 Å². The lowest BCUT2D eigenvalue weighted by Crippen LogP contribution is -2.43. The van der Waals surface area contributed by atoms with Crippen LogP contribution in [0.4, 0.5) is 8.78 Å². The summed E-state index contributed by atoms with van der Waals surface area (Å²) in [6.07, 6.45) is -1.29. The van der Waals surface area contributed by atoms with Gasteiger partial charge in [0.1, 0.15) is 0 Å². The standard InChI is InChI=1S/C11H16F2N2O3S/c1-7(14-19(17,18)15(2)3)11(16)8-4-5-9(12)10(13)6-8/h4-7,11,14,16H,1-3H3/t7-,11-/m1/s1. The van der Waals surface area contributed by atoms with Gasteiger partial charge in [-0.1, -0.05) is 6.07 Å². The summed E-state index contributed by atoms with van der Waals surface area (Å²) in [7, 11) is -1.05. The van der Waals surface area contributed by atoms with Crippen LogP contribution >= 0.6 is 0 Å². The van der Waals surface area contributed by atoms with Gasteiger partial charge in [0, 0.05) is 14.1 Å². The summed E-state index contributed by atoms with van der Waals surface area (Å²) in [5, 5.41) is 9.91. The molecule has 0 saturated heterocycles. The highest BCUT2D eigenvalue weighted by Crippen LogP contribution is 2.19. The summed E-state index contributed by atoms with van der Waals surface area (Å²) in [6, 6.07) is 2.02. The Kier molecular flexibility index (Phi) is 4.97. The smallest absolute Gasteiger partial charge is 0.279 e. The van der Waals surface area contributed by atoms with Gasteiger partial charge >= 0.3 is 0 Å². The zero-order chi connectivity index (χ0) is 14.8. The number of rotatable bonds is 5. The van der Waals surface area contributed by atoms with E-state index in [1.807, 2.05) is 0 Å². The Labute approximate surface area is 111 Å². The molecule has 0 aliphatic heterocycles. The van der Waals surface area contributed by atoms with Gasteiger partial charge in [0.15, 0.2) is 11.6 Å². The third-order valence-electron chi connectivity index (χ3n) is 2.57. The van der Waals surface area contributed by atoms with E-state index in [-0.39, 0.29) is 5.56 Å². The van der Waals surface area contributed by atoms with Crippen molar-refractivity contribution in [1.29, 1.82) is 0 Å². The number of halogens is 2. The molecule has 0 fully saturated rings. The highest BCUT2D eigenvalue weighted by Gasteiger charge is 2.24. The lowest BCUT2D eigenvalue weighted by molar-refractivity contribution is 0.145. The molecule has 0 amide bonds. The molecule has 5 nitrogen and oxygen atoms in total. The fourth-order valence-corrected chi connectivity index (χ4v) is 2.20. The molecule has 108 valence electrons. The quantitative estimate of drug-likeness (QED) is 0.843. The maximum absolute atomic E-state index is 13.0. The van der Waals surface area contributed by atoms with Crippen LogP contribution in [0, 0.1) is 11.6 Å². The summed E-state index contributed by atoms with van der Waals surface area (Å²) in [6.45, 7) is 1.42. The molecule has 1 rings (SSSR count). The zero-order valence-electron chi connectivity index (χ0n) is 10.8. The molecule has 0 aliphatic rings. The van der Waals surface area contributed by atoms with Gasteiger partial charge in [-0.25, -0.2) is 8.78 Å². The van der Waals surface area contributed by atoms with Crippen molar-refractivity contribution in [2.75, 3.05) is 14.1 Å². The van der Waals surface area contributed by atoms with Gasteiger partial charge in [0.05, 0.1) is 12.1 Å². The molecule has 0 aromatic heterocycles. The molecule has 1 aromatic rings. The Morgan fingerprint density at radius 3 is 2.32 bits per heavy atom. The van der Waals surface area contributed by atoms with E-state index in [0.29, 0.717) is 0 Å². The van der Waals surface area contributed by atoms with Crippen LogP contribution in [0.2, 0.25) is 0 Å². The summed E-state index contributed by atoms with van der Waals surface area (Å²) < 4.78 is 52.1. The Hall–Kier alpha value is -1.09. The summed E-state index contributed by atoms with van der Waals surface area (Å²) in [5.41, 5.74) is 0.0906. The first-order valence-electron chi connectivity index (χ1n) is 5.48. The van der Waals surface area contributed by atoms with Gasteiger partial charge in [-0.15, -0.1) is 0 Å². The minimum absolute atomic E-state index is 0.0906. The maximum atomic E-state index is 13.0. The second-order valence-electron chi connectivity index (χ2n) is 4.31. The first-order chi connectivity index (χ1) is 8.65. The molecular weight excluding hydrogens is 278 g/mol. The topological polar surface area (TPSA) is 69.6 Å². The number of nitrogens with one attached hydrogen (secondary N) is 1. The number of hydrogen-bond acceptors (Lipinski definition) is 3. The molecule has 1 aromatic carbocycles. The van der Waals surface area contributed by atoms with Crippen LogP contribution in [0.3, 0.4) is 0 Å². The predicted octanol–water partition coefficient (Wildman–Crippen LogP) is 0.783. The van der Waals surface area contributed by atoms with Crippen molar-refractivity contribution in [2.45, 2.75) is 19.1 Å². The molecule has 0 spiro atoms. The van der Waals surface area contributed by atoms with Crippen molar-refractivity contribution in [3.63, 3.8) is 0 Å². The summed E-state index contributed by atoms with van der Waals surface area (Å²) in [4.78, 5) is 0. The van der Waals surface area contributed by atoms with Gasteiger partial charge in [0.2, 0.25) is 0 Å². The molecule has 0 saturated carbocycles. The van der Waals surface area contributed by atoms with E-state index in [0.717, 1.165) is 16.4 Å². The molecule has 0 unspecified atom stereocenters. The second-order valence-corrected chi connectivity index (χ2v) is 6.23. The number of nitrogens with zero attached hydrogens (tertiary/aromatic N) is 1. The van der Waals surface area contributed by atoms with Gasteiger partial charge in [-0.2, -0.15) is 17.4 Å². The summed E-state index contributed by atoms with van der Waals surface area (Å²) >= 11 is 0. The highest BCUT2D eigenvalue weighted by molar-refractivity contribution is 7.87. The van der Waals surface area contributed by atoms with Gasteiger partial charge < -0.3 is 5.11 Å². The normalized spacial score (nSPS) is 15.5. The monoisotopic (exact) mass is 294 g/mol. The number of benzene rings is 1. The van der Waals surface area contributed by atoms with E-state index >= 15 is 0 Å². The first-order valence-corrected chi connectivity index (χ1v) is 6.92. The Morgan fingerprint density at radius 1 is 1.26 bits per heavy atom. The number of aliphatic hydroxyl groups excluding tert-OH is 1. The lowest BCUT2D eigenvalue weighted by atomic mass is 10.0. The minimum Gasteiger partial charge on any atom is -0.387 e. The van der Waals surface area contributed by atoms with Crippen LogP contribution in [0.5, 0.6) is 0 Å². The van der Waals surface area contributed by atoms with E-state index in [9.17, 15) is 22.3 Å². The van der Waals surface area contributed by atoms with Crippen molar-refractivity contribution >= 4 is 10.2 Å². The van der Waals surface area contributed by atoms with Crippen molar-refractivity contribution in [3.8, 4) is 0 Å². The van der Waals surface area contributed by atoms with E-state index in [1.54, 1.807) is 0 Å². The van der Waals surface area contributed by atoms with Crippen molar-refractivity contribution in [1.82, 2.24) is 9.03 Å². The van der Waals surface area contributed by atoms with Crippen LogP contribution < -0.4 is 4.72 Å². The second kappa shape index (κ2) is 5.91. The van der Waals surface area contributed by atoms with E-state index in [4.69, 9.17) is 0 Å². The number of aliphatic hydroxyl groups is 1. The van der Waals surface area contributed by atoms with E-state index in [1.165, 1.54) is 27.1 Å². The van der Waals surface area contributed by atoms with Crippen LogP contribution in [-0.4, -0.2) is 38.0 Å². The van der Waals surface area contributed by atoms with Crippen molar-refractivity contribution < 1.29 is 22.3 Å².